The van der Waals surface area contributed by atoms with Gasteiger partial charge in [0.05, 0.1) is 12.1 Å². The third kappa shape index (κ3) is 8.57. The molecule has 3 atom stereocenters. The van der Waals surface area contributed by atoms with E-state index in [2.05, 4.69) is 16.1 Å². The van der Waals surface area contributed by atoms with Crippen LogP contribution in [0.3, 0.4) is 0 Å². The molecule has 1 unspecified atom stereocenters. The van der Waals surface area contributed by atoms with Gasteiger partial charge < -0.3 is 20.2 Å². The molecule has 306 valence electrons. The second-order valence-electron chi connectivity index (χ2n) is 15.1. The predicted octanol–water partition coefficient (Wildman–Crippen LogP) is 4.42. The van der Waals surface area contributed by atoms with Crippen LogP contribution in [0, 0.1) is 24.7 Å². The summed E-state index contributed by atoms with van der Waals surface area (Å²) >= 11 is 7.74. The molecule has 5 heterocycles. The zero-order chi connectivity index (χ0) is 41.2. The summed E-state index contributed by atoms with van der Waals surface area (Å²) < 4.78 is 0. The first-order valence-corrected chi connectivity index (χ1v) is 20.8. The van der Waals surface area contributed by atoms with Gasteiger partial charge in [0.25, 0.3) is 5.91 Å². The molecule has 4 aliphatic heterocycles. The molecule has 0 bridgehead atoms. The normalized spacial score (nSPS) is 20.4. The average molecular weight is 829 g/mol. The van der Waals surface area contributed by atoms with Crippen LogP contribution >= 0.6 is 22.9 Å². The Morgan fingerprint density at radius 1 is 1.09 bits per heavy atom. The van der Waals surface area contributed by atoms with Gasteiger partial charge in [-0.2, -0.15) is 0 Å². The van der Waals surface area contributed by atoms with Gasteiger partial charge in [0, 0.05) is 83.5 Å². The van der Waals surface area contributed by atoms with Crippen LogP contribution in [0.15, 0.2) is 47.5 Å². The lowest BCUT2D eigenvalue weighted by Crippen LogP contribution is -2.56. The van der Waals surface area contributed by atoms with Crippen LogP contribution in [0.5, 0.6) is 0 Å². The summed E-state index contributed by atoms with van der Waals surface area (Å²) in [6, 6.07) is 11.4. The largest absolute Gasteiger partial charge is 0.385 e. The van der Waals surface area contributed by atoms with Crippen LogP contribution in [0.4, 0.5) is 10.7 Å². The zero-order valence-electron chi connectivity index (χ0n) is 32.9. The number of nitrogens with zero attached hydrogens (tertiary/aromatic N) is 5. The monoisotopic (exact) mass is 828 g/mol. The van der Waals surface area contributed by atoms with Crippen LogP contribution in [0.25, 0.3) is 0 Å². The Morgan fingerprint density at radius 2 is 1.83 bits per heavy atom. The molecule has 17 heteroatoms. The quantitative estimate of drug-likeness (QED) is 0.0504. The molecule has 4 amide bonds. The number of fused-ring (bicyclic) bond motifs is 2. The standard InChI is InChI=1S/C41H49ClN10O5S/c1-23-24(2)58-41-36(23)37(26-10-12-27(42)13-11-26)46-31(38(44)52(41)25(3)43)21-35(55)49-17-19-50(20-18-49)48-34(54)9-4-5-16-45-30-8-6-7-28-29(30)22-51(40(28)57)32-14-15-33(53)47-39(32)56/h6-8,10-13,31-32,34,43-45,48,54H,4-5,9,14-22H2,1-3H3,(H,47,53,56)/t31-,32-,34?/m0/s1. The van der Waals surface area contributed by atoms with Crippen LogP contribution in [0.2, 0.25) is 5.02 Å². The summed E-state index contributed by atoms with van der Waals surface area (Å²) in [5.41, 5.74) is 8.79. The van der Waals surface area contributed by atoms with E-state index in [1.165, 1.54) is 11.3 Å². The van der Waals surface area contributed by atoms with Crippen molar-refractivity contribution in [1.82, 2.24) is 25.6 Å². The maximum atomic E-state index is 13.8. The number of carbonyl (C=O) groups excluding carboxylic acids is 4. The number of benzene rings is 2. The van der Waals surface area contributed by atoms with Gasteiger partial charge in [0.1, 0.15) is 35.0 Å². The number of aryl methyl sites for hydroxylation is 1. The van der Waals surface area contributed by atoms with Crippen LogP contribution in [-0.4, -0.2) is 112 Å². The molecule has 2 fully saturated rings. The highest BCUT2D eigenvalue weighted by atomic mass is 35.5. The first-order chi connectivity index (χ1) is 27.8. The van der Waals surface area contributed by atoms with Crippen molar-refractivity contribution in [1.29, 1.82) is 10.8 Å². The number of rotatable bonds is 12. The number of halogens is 1. The van der Waals surface area contributed by atoms with Crippen molar-refractivity contribution in [3.8, 4) is 0 Å². The minimum absolute atomic E-state index is 0.0169. The van der Waals surface area contributed by atoms with E-state index in [0.29, 0.717) is 68.4 Å². The lowest BCUT2D eigenvalue weighted by atomic mass is 9.99. The molecule has 0 spiro atoms. The maximum Gasteiger partial charge on any atom is 0.255 e. The third-order valence-corrected chi connectivity index (χ3v) is 12.7. The van der Waals surface area contributed by atoms with E-state index in [1.54, 1.807) is 39.8 Å². The summed E-state index contributed by atoms with van der Waals surface area (Å²) in [7, 11) is 0. The molecule has 6 N–H and O–H groups in total. The Labute approximate surface area is 346 Å². The Hall–Kier alpha value is -5.00. The van der Waals surface area contributed by atoms with Gasteiger partial charge in [-0.05, 0) is 76.3 Å². The van der Waals surface area contributed by atoms with Crippen molar-refractivity contribution in [3.63, 3.8) is 0 Å². The van der Waals surface area contributed by atoms with Gasteiger partial charge in [0.2, 0.25) is 17.7 Å². The molecule has 1 aromatic heterocycles. The summed E-state index contributed by atoms with van der Waals surface area (Å²) in [5, 5.41) is 37.6. The van der Waals surface area contributed by atoms with Gasteiger partial charge in [-0.3, -0.25) is 45.2 Å². The Bertz CT molecular complexity index is 2170. The number of amides is 4. The number of aliphatic imine (C=N–C) groups is 1. The Kier molecular flexibility index (Phi) is 12.4. The molecule has 0 saturated carbocycles. The fourth-order valence-electron chi connectivity index (χ4n) is 7.98. The number of unbranched alkanes of at least 4 members (excludes halogenated alkanes) is 1. The van der Waals surface area contributed by atoms with Crippen molar-refractivity contribution in [2.24, 2.45) is 4.99 Å². The molecule has 0 aliphatic carbocycles. The van der Waals surface area contributed by atoms with E-state index in [-0.39, 0.29) is 42.2 Å². The van der Waals surface area contributed by atoms with Crippen LogP contribution in [-0.2, 0) is 20.9 Å². The van der Waals surface area contributed by atoms with Crippen molar-refractivity contribution in [3.05, 3.63) is 80.2 Å². The van der Waals surface area contributed by atoms with Crippen LogP contribution in [0.1, 0.15) is 82.9 Å². The number of amidine groups is 2. The van der Waals surface area contributed by atoms with E-state index in [1.807, 2.05) is 43.1 Å². The van der Waals surface area contributed by atoms with Crippen LogP contribution < -0.4 is 21.0 Å². The number of thiophene rings is 1. The summed E-state index contributed by atoms with van der Waals surface area (Å²) in [6.45, 7) is 8.54. The van der Waals surface area contributed by atoms with Gasteiger partial charge >= 0.3 is 0 Å². The van der Waals surface area contributed by atoms with E-state index in [9.17, 15) is 29.7 Å². The first kappa shape index (κ1) is 41.2. The molecule has 58 heavy (non-hydrogen) atoms. The van der Waals surface area contributed by atoms with Crippen molar-refractivity contribution >= 4 is 74.6 Å². The van der Waals surface area contributed by atoms with E-state index in [4.69, 9.17) is 22.0 Å². The highest BCUT2D eigenvalue weighted by Crippen LogP contribution is 2.40. The Balaban J connectivity index is 0.884. The number of hydrazine groups is 1. The number of hydrogen-bond donors (Lipinski definition) is 6. The molecular formula is C41H49ClN10O5S. The number of imide groups is 1. The molecule has 2 saturated heterocycles. The molecule has 7 rings (SSSR count). The van der Waals surface area contributed by atoms with Gasteiger partial charge in [0.15, 0.2) is 0 Å². The Morgan fingerprint density at radius 3 is 2.53 bits per heavy atom. The van der Waals surface area contributed by atoms with E-state index < -0.39 is 24.2 Å². The van der Waals surface area contributed by atoms with Crippen molar-refractivity contribution < 1.29 is 24.3 Å². The number of aliphatic hydroxyl groups excluding tert-OH is 1. The summed E-state index contributed by atoms with van der Waals surface area (Å²) in [4.78, 5) is 62.0. The van der Waals surface area contributed by atoms with Gasteiger partial charge in [-0.15, -0.1) is 11.3 Å². The first-order valence-electron chi connectivity index (χ1n) is 19.7. The fourth-order valence-corrected chi connectivity index (χ4v) is 9.33. The van der Waals surface area contributed by atoms with Crippen molar-refractivity contribution in [2.75, 3.05) is 42.9 Å². The molecular weight excluding hydrogens is 780 g/mol. The van der Waals surface area contributed by atoms with E-state index in [0.717, 1.165) is 50.7 Å². The highest BCUT2D eigenvalue weighted by Gasteiger charge is 2.40. The molecule has 4 aliphatic rings. The summed E-state index contributed by atoms with van der Waals surface area (Å²) in [6.07, 6.45) is 1.76. The smallest absolute Gasteiger partial charge is 0.255 e. The predicted molar refractivity (Wildman–Crippen MR) is 225 cm³/mol. The number of piperazine rings is 1. The van der Waals surface area contributed by atoms with Gasteiger partial charge in [-0.25, -0.2) is 10.4 Å². The highest BCUT2D eigenvalue weighted by molar-refractivity contribution is 7.17. The van der Waals surface area contributed by atoms with Gasteiger partial charge in [-0.1, -0.05) is 29.8 Å². The number of piperidine rings is 1. The minimum Gasteiger partial charge on any atom is -0.385 e. The second-order valence-corrected chi connectivity index (χ2v) is 16.8. The number of aliphatic hydroxyl groups is 1. The third-order valence-electron chi connectivity index (χ3n) is 11.2. The SMILES string of the molecule is CC(=N)N1C(=N)[C@H](CC(=O)N2CCN(NC(O)CCCCNc3cccc4c3CN([C@H]3CCC(=O)NC3=O)C4=O)CC2)N=C(c2ccc(Cl)cc2)c2c1sc(C)c2C. The lowest BCUT2D eigenvalue weighted by Gasteiger charge is -2.36. The molecule has 3 aromatic rings. The second kappa shape index (κ2) is 17.5. The molecule has 0 radical (unpaired) electrons. The maximum absolute atomic E-state index is 13.8. The zero-order valence-corrected chi connectivity index (χ0v) is 34.4. The number of hydrogen-bond acceptors (Lipinski definition) is 12. The number of anilines is 2. The number of carbonyl (C=O) groups is 4. The topological polar surface area (TPSA) is 198 Å². The van der Waals surface area contributed by atoms with Crippen molar-refractivity contribution in [2.45, 2.75) is 84.2 Å². The van der Waals surface area contributed by atoms with E-state index >= 15 is 0 Å². The fraction of sp³-hybridized carbons (Fsp3) is 0.439. The number of nitrogens with one attached hydrogen (secondary N) is 5. The molecule has 15 nitrogen and oxygen atoms in total. The molecule has 2 aromatic carbocycles. The minimum atomic E-state index is -0.803. The lowest BCUT2D eigenvalue weighted by molar-refractivity contribution is -0.137. The average Bonchev–Trinajstić information content (AvgIpc) is 3.63. The summed E-state index contributed by atoms with van der Waals surface area (Å²) in [5.74, 6) is -0.812.